The molecular weight excluding hydrogens is 256 g/mol. The van der Waals surface area contributed by atoms with Crippen LogP contribution < -0.4 is 5.32 Å². The van der Waals surface area contributed by atoms with Crippen molar-refractivity contribution in [2.45, 2.75) is 45.8 Å². The first-order valence-corrected chi connectivity index (χ1v) is 6.84. The maximum atomic E-state index is 12.6. The fourth-order valence-electron chi connectivity index (χ4n) is 2.62. The zero-order valence-corrected chi connectivity index (χ0v) is 12.7. The first-order chi connectivity index (χ1) is 9.22. The highest BCUT2D eigenvalue weighted by atomic mass is 16.2. The average Bonchev–Trinajstić information content (AvgIpc) is 2.70. The zero-order valence-electron chi connectivity index (χ0n) is 12.7. The summed E-state index contributed by atoms with van der Waals surface area (Å²) in [6, 6.07) is 1.42. The van der Waals surface area contributed by atoms with E-state index < -0.39 is 11.6 Å². The Morgan fingerprint density at radius 3 is 2.55 bits per heavy atom. The molecule has 0 radical (unpaired) electrons. The van der Waals surface area contributed by atoms with Gasteiger partial charge in [0.25, 0.3) is 0 Å². The average molecular weight is 278 g/mol. The van der Waals surface area contributed by atoms with Gasteiger partial charge in [-0.15, -0.1) is 0 Å². The molecule has 1 aliphatic rings. The van der Waals surface area contributed by atoms with Crippen molar-refractivity contribution in [3.05, 3.63) is 18.0 Å². The quantitative estimate of drug-likeness (QED) is 0.884. The van der Waals surface area contributed by atoms with Gasteiger partial charge in [0.2, 0.25) is 11.8 Å². The SMILES string of the molecule is CC(C)C1C(=O)NC(C)(C)C(=O)N1Cc1ccn(C)n1. The van der Waals surface area contributed by atoms with Gasteiger partial charge in [-0.25, -0.2) is 0 Å². The minimum absolute atomic E-state index is 0.0544. The van der Waals surface area contributed by atoms with Crippen molar-refractivity contribution in [1.82, 2.24) is 20.0 Å². The van der Waals surface area contributed by atoms with Gasteiger partial charge in [0.15, 0.2) is 0 Å². The van der Waals surface area contributed by atoms with E-state index in [0.29, 0.717) is 6.54 Å². The molecule has 6 nitrogen and oxygen atoms in total. The summed E-state index contributed by atoms with van der Waals surface area (Å²) < 4.78 is 1.69. The van der Waals surface area contributed by atoms with E-state index in [-0.39, 0.29) is 17.7 Å². The number of hydrogen-bond acceptors (Lipinski definition) is 3. The molecule has 2 heterocycles. The van der Waals surface area contributed by atoms with Crippen molar-refractivity contribution in [2.24, 2.45) is 13.0 Å². The highest BCUT2D eigenvalue weighted by molar-refractivity contribution is 5.99. The van der Waals surface area contributed by atoms with Gasteiger partial charge in [0, 0.05) is 13.2 Å². The third kappa shape index (κ3) is 2.55. The van der Waals surface area contributed by atoms with Crippen LogP contribution in [0.4, 0.5) is 0 Å². The molecular formula is C14H22N4O2. The summed E-state index contributed by atoms with van der Waals surface area (Å²) in [5.74, 6) is -0.110. The number of nitrogens with zero attached hydrogens (tertiary/aromatic N) is 3. The molecule has 1 aliphatic heterocycles. The van der Waals surface area contributed by atoms with Crippen LogP contribution in [-0.2, 0) is 23.2 Å². The van der Waals surface area contributed by atoms with Crippen LogP contribution in [0.15, 0.2) is 12.3 Å². The summed E-state index contributed by atoms with van der Waals surface area (Å²) in [6.45, 7) is 7.71. The van der Waals surface area contributed by atoms with Gasteiger partial charge in [0.05, 0.1) is 12.2 Å². The normalized spacial score (nSPS) is 22.3. The van der Waals surface area contributed by atoms with E-state index in [2.05, 4.69) is 10.4 Å². The Kier molecular flexibility index (Phi) is 3.58. The minimum Gasteiger partial charge on any atom is -0.340 e. The summed E-state index contributed by atoms with van der Waals surface area (Å²) in [6.07, 6.45) is 1.83. The van der Waals surface area contributed by atoms with E-state index in [9.17, 15) is 9.59 Å². The Bertz CT molecular complexity index is 533. The number of carbonyl (C=O) groups is 2. The lowest BCUT2D eigenvalue weighted by Gasteiger charge is -2.44. The predicted molar refractivity (Wildman–Crippen MR) is 74.6 cm³/mol. The van der Waals surface area contributed by atoms with E-state index in [4.69, 9.17) is 0 Å². The standard InChI is InChI=1S/C14H22N4O2/c1-9(2)11-12(19)15-14(3,4)13(20)18(11)8-10-6-7-17(5)16-10/h6-7,9,11H,8H2,1-5H3,(H,15,19). The Morgan fingerprint density at radius 1 is 1.40 bits per heavy atom. The predicted octanol–water partition coefficient (Wildman–Crippen LogP) is 0.682. The van der Waals surface area contributed by atoms with Crippen LogP contribution >= 0.6 is 0 Å². The Hall–Kier alpha value is -1.85. The number of aromatic nitrogens is 2. The van der Waals surface area contributed by atoms with Gasteiger partial charge in [-0.05, 0) is 25.8 Å². The third-order valence-corrected chi connectivity index (χ3v) is 3.57. The van der Waals surface area contributed by atoms with Crippen LogP contribution in [0.3, 0.4) is 0 Å². The number of rotatable bonds is 3. The molecule has 1 fully saturated rings. The van der Waals surface area contributed by atoms with E-state index in [1.54, 1.807) is 23.4 Å². The van der Waals surface area contributed by atoms with Gasteiger partial charge in [-0.1, -0.05) is 13.8 Å². The lowest BCUT2D eigenvalue weighted by molar-refractivity contribution is -0.156. The van der Waals surface area contributed by atoms with Crippen molar-refractivity contribution >= 4 is 11.8 Å². The van der Waals surface area contributed by atoms with Gasteiger partial charge in [-0.2, -0.15) is 5.10 Å². The van der Waals surface area contributed by atoms with Crippen molar-refractivity contribution in [3.63, 3.8) is 0 Å². The molecule has 1 saturated heterocycles. The van der Waals surface area contributed by atoms with Crippen LogP contribution in [0.25, 0.3) is 0 Å². The summed E-state index contributed by atoms with van der Waals surface area (Å²) >= 11 is 0. The minimum atomic E-state index is -0.864. The number of hydrogen-bond donors (Lipinski definition) is 1. The lowest BCUT2D eigenvalue weighted by Crippen LogP contribution is -2.68. The fraction of sp³-hybridized carbons (Fsp3) is 0.643. The Morgan fingerprint density at radius 2 is 2.05 bits per heavy atom. The first kappa shape index (κ1) is 14.6. The number of nitrogens with one attached hydrogen (secondary N) is 1. The maximum absolute atomic E-state index is 12.6. The molecule has 6 heteroatoms. The third-order valence-electron chi connectivity index (χ3n) is 3.57. The lowest BCUT2D eigenvalue weighted by atomic mass is 9.91. The smallest absolute Gasteiger partial charge is 0.248 e. The monoisotopic (exact) mass is 278 g/mol. The second-order valence-electron chi connectivity index (χ2n) is 6.22. The maximum Gasteiger partial charge on any atom is 0.248 e. The molecule has 1 aromatic heterocycles. The van der Waals surface area contributed by atoms with Gasteiger partial charge < -0.3 is 10.2 Å². The van der Waals surface area contributed by atoms with E-state index in [0.717, 1.165) is 5.69 Å². The van der Waals surface area contributed by atoms with Crippen molar-refractivity contribution in [3.8, 4) is 0 Å². The molecule has 0 bridgehead atoms. The molecule has 0 aromatic carbocycles. The van der Waals surface area contributed by atoms with Crippen LogP contribution in [0.1, 0.15) is 33.4 Å². The summed E-state index contributed by atoms with van der Waals surface area (Å²) in [7, 11) is 1.83. The second kappa shape index (κ2) is 4.92. The summed E-state index contributed by atoms with van der Waals surface area (Å²) in [4.78, 5) is 26.5. The second-order valence-corrected chi connectivity index (χ2v) is 6.22. The first-order valence-electron chi connectivity index (χ1n) is 6.84. The molecule has 2 rings (SSSR count). The van der Waals surface area contributed by atoms with Crippen LogP contribution in [0, 0.1) is 5.92 Å². The molecule has 0 spiro atoms. The van der Waals surface area contributed by atoms with E-state index in [1.807, 2.05) is 33.2 Å². The summed E-state index contributed by atoms with van der Waals surface area (Å²) in [5, 5.41) is 7.10. The van der Waals surface area contributed by atoms with Gasteiger partial charge >= 0.3 is 0 Å². The largest absolute Gasteiger partial charge is 0.340 e. The topological polar surface area (TPSA) is 67.2 Å². The van der Waals surface area contributed by atoms with Gasteiger partial charge in [-0.3, -0.25) is 14.3 Å². The molecule has 20 heavy (non-hydrogen) atoms. The van der Waals surface area contributed by atoms with Crippen molar-refractivity contribution < 1.29 is 9.59 Å². The number of amides is 2. The van der Waals surface area contributed by atoms with Crippen molar-refractivity contribution in [1.29, 1.82) is 0 Å². The highest BCUT2D eigenvalue weighted by Crippen LogP contribution is 2.24. The number of carbonyl (C=O) groups excluding carboxylic acids is 2. The van der Waals surface area contributed by atoms with Gasteiger partial charge in [0.1, 0.15) is 11.6 Å². The molecule has 1 atom stereocenters. The van der Waals surface area contributed by atoms with E-state index >= 15 is 0 Å². The Balaban J connectivity index is 2.32. The Labute approximate surface area is 119 Å². The van der Waals surface area contributed by atoms with E-state index in [1.165, 1.54) is 0 Å². The summed E-state index contributed by atoms with van der Waals surface area (Å²) in [5.41, 5.74) is -0.0749. The molecule has 2 amide bonds. The van der Waals surface area contributed by atoms with Crippen LogP contribution in [-0.4, -0.2) is 38.1 Å². The highest BCUT2D eigenvalue weighted by Gasteiger charge is 2.46. The fourth-order valence-corrected chi connectivity index (χ4v) is 2.62. The number of aryl methyl sites for hydroxylation is 1. The molecule has 1 aromatic rings. The molecule has 0 saturated carbocycles. The van der Waals surface area contributed by atoms with Crippen LogP contribution in [0.2, 0.25) is 0 Å². The van der Waals surface area contributed by atoms with Crippen LogP contribution in [0.5, 0.6) is 0 Å². The molecule has 1 N–H and O–H groups in total. The zero-order chi connectivity index (χ0) is 15.1. The molecule has 110 valence electrons. The molecule has 1 unspecified atom stereocenters. The molecule has 0 aliphatic carbocycles. The van der Waals surface area contributed by atoms with Crippen molar-refractivity contribution in [2.75, 3.05) is 0 Å². The number of piperazine rings is 1.